The third-order valence-electron chi connectivity index (χ3n) is 5.86. The van der Waals surface area contributed by atoms with Crippen molar-refractivity contribution in [3.05, 3.63) is 35.4 Å². The fourth-order valence-corrected chi connectivity index (χ4v) is 4.43. The van der Waals surface area contributed by atoms with Crippen molar-refractivity contribution in [2.75, 3.05) is 27.2 Å². The van der Waals surface area contributed by atoms with Crippen LogP contribution in [0.25, 0.3) is 0 Å². The van der Waals surface area contributed by atoms with Gasteiger partial charge in [0.1, 0.15) is 0 Å². The van der Waals surface area contributed by atoms with Gasteiger partial charge < -0.3 is 9.80 Å². The van der Waals surface area contributed by atoms with Crippen molar-refractivity contribution in [1.82, 2.24) is 9.80 Å². The van der Waals surface area contributed by atoms with Gasteiger partial charge in [0.15, 0.2) is 0 Å². The average molecular weight is 328 g/mol. The summed E-state index contributed by atoms with van der Waals surface area (Å²) in [6.45, 7) is 3.60. The lowest BCUT2D eigenvalue weighted by atomic mass is 9.76. The van der Waals surface area contributed by atoms with Crippen LogP contribution < -0.4 is 0 Å². The third kappa shape index (κ3) is 3.19. The number of hydrogen-bond acceptors (Lipinski definition) is 2. The summed E-state index contributed by atoms with van der Waals surface area (Å²) in [7, 11) is 3.67. The molecule has 130 valence electrons. The topological polar surface area (TPSA) is 40.6 Å². The van der Waals surface area contributed by atoms with Crippen molar-refractivity contribution in [1.29, 1.82) is 0 Å². The highest BCUT2D eigenvalue weighted by atomic mass is 16.2. The summed E-state index contributed by atoms with van der Waals surface area (Å²) in [4.78, 5) is 28.9. The molecule has 1 aromatic carbocycles. The molecule has 1 heterocycles. The number of nitrogens with zero attached hydrogens (tertiary/aromatic N) is 2. The predicted molar refractivity (Wildman–Crippen MR) is 94.5 cm³/mol. The first-order valence-electron chi connectivity index (χ1n) is 8.96. The summed E-state index contributed by atoms with van der Waals surface area (Å²) in [6.07, 6.45) is 4.58. The summed E-state index contributed by atoms with van der Waals surface area (Å²) in [5.41, 5.74) is 2.30. The number of rotatable bonds is 3. The van der Waals surface area contributed by atoms with Crippen LogP contribution in [0.3, 0.4) is 0 Å². The molecule has 3 rings (SSSR count). The highest BCUT2D eigenvalue weighted by Crippen LogP contribution is 2.50. The van der Waals surface area contributed by atoms with Gasteiger partial charge in [-0.3, -0.25) is 9.59 Å². The number of amides is 2. The van der Waals surface area contributed by atoms with E-state index in [9.17, 15) is 9.59 Å². The van der Waals surface area contributed by atoms with Crippen LogP contribution >= 0.6 is 0 Å². The Bertz CT molecular complexity index is 623. The molecule has 1 saturated heterocycles. The van der Waals surface area contributed by atoms with Gasteiger partial charge in [-0.1, -0.05) is 36.2 Å². The summed E-state index contributed by atoms with van der Waals surface area (Å²) in [5.74, 6) is 0.517. The van der Waals surface area contributed by atoms with Crippen molar-refractivity contribution >= 4 is 11.8 Å². The van der Waals surface area contributed by atoms with Gasteiger partial charge in [-0.2, -0.15) is 0 Å². The van der Waals surface area contributed by atoms with E-state index in [-0.39, 0.29) is 23.1 Å². The van der Waals surface area contributed by atoms with Crippen LogP contribution in [0.5, 0.6) is 0 Å². The van der Waals surface area contributed by atoms with E-state index in [4.69, 9.17) is 0 Å². The van der Waals surface area contributed by atoms with Crippen LogP contribution in [0, 0.1) is 18.3 Å². The zero-order valence-corrected chi connectivity index (χ0v) is 15.0. The van der Waals surface area contributed by atoms with Crippen molar-refractivity contribution < 1.29 is 9.59 Å². The molecule has 2 fully saturated rings. The Labute approximate surface area is 144 Å². The molecule has 0 unspecified atom stereocenters. The van der Waals surface area contributed by atoms with Gasteiger partial charge >= 0.3 is 0 Å². The molecule has 0 aromatic heterocycles. The van der Waals surface area contributed by atoms with Gasteiger partial charge in [0.25, 0.3) is 0 Å². The first-order valence-corrected chi connectivity index (χ1v) is 8.96. The molecular formula is C20H28N2O2. The number of benzene rings is 1. The molecule has 4 nitrogen and oxygen atoms in total. The van der Waals surface area contributed by atoms with Gasteiger partial charge in [0.05, 0.1) is 6.42 Å². The zero-order valence-electron chi connectivity index (χ0n) is 15.0. The molecule has 1 saturated carbocycles. The first-order chi connectivity index (χ1) is 11.4. The molecule has 24 heavy (non-hydrogen) atoms. The minimum atomic E-state index is 0.0181. The minimum Gasteiger partial charge on any atom is -0.349 e. The van der Waals surface area contributed by atoms with Gasteiger partial charge in [-0.15, -0.1) is 0 Å². The SMILES string of the molecule is Cc1ccc(CC(=O)N2CC[C@]3(CCC[C@H]3C(=O)N(C)C)C2)cc1. The van der Waals surface area contributed by atoms with Crippen LogP contribution in [-0.4, -0.2) is 48.8 Å². The predicted octanol–water partition coefficient (Wildman–Crippen LogP) is 2.64. The van der Waals surface area contributed by atoms with Crippen LogP contribution in [0.1, 0.15) is 36.8 Å². The van der Waals surface area contributed by atoms with Gasteiger partial charge in [-0.25, -0.2) is 0 Å². The van der Waals surface area contributed by atoms with E-state index >= 15 is 0 Å². The van der Waals surface area contributed by atoms with Crippen molar-refractivity contribution in [3.63, 3.8) is 0 Å². The molecule has 1 aliphatic heterocycles. The van der Waals surface area contributed by atoms with Crippen molar-refractivity contribution in [2.24, 2.45) is 11.3 Å². The van der Waals surface area contributed by atoms with E-state index in [2.05, 4.69) is 19.1 Å². The number of carbonyl (C=O) groups is 2. The molecular weight excluding hydrogens is 300 g/mol. The molecule has 0 radical (unpaired) electrons. The number of aryl methyl sites for hydroxylation is 1. The highest BCUT2D eigenvalue weighted by Gasteiger charge is 2.51. The Morgan fingerprint density at radius 3 is 2.58 bits per heavy atom. The van der Waals surface area contributed by atoms with Gasteiger partial charge in [0.2, 0.25) is 11.8 Å². The standard InChI is InChI=1S/C20H28N2O2/c1-15-6-8-16(9-7-15)13-18(23)22-12-11-20(14-22)10-4-5-17(20)19(24)21(2)3/h6-9,17H,4-5,10-14H2,1-3H3/t17-,20+/m0/s1. The zero-order chi connectivity index (χ0) is 17.3. The molecule has 1 spiro atoms. The molecule has 4 heteroatoms. The van der Waals surface area contributed by atoms with Gasteiger partial charge in [0, 0.05) is 38.5 Å². The minimum absolute atomic E-state index is 0.0181. The van der Waals surface area contributed by atoms with E-state index in [0.717, 1.165) is 44.3 Å². The quantitative estimate of drug-likeness (QED) is 0.856. The lowest BCUT2D eigenvalue weighted by molar-refractivity contribution is -0.137. The fourth-order valence-electron chi connectivity index (χ4n) is 4.43. The molecule has 1 aromatic rings. The van der Waals surface area contributed by atoms with E-state index in [1.807, 2.05) is 31.1 Å². The number of likely N-dealkylation sites (tertiary alicyclic amines) is 1. The van der Waals surface area contributed by atoms with Crippen molar-refractivity contribution in [3.8, 4) is 0 Å². The van der Waals surface area contributed by atoms with E-state index in [1.54, 1.807) is 4.90 Å². The lowest BCUT2D eigenvalue weighted by Crippen LogP contribution is -2.41. The van der Waals surface area contributed by atoms with Crippen LogP contribution in [-0.2, 0) is 16.0 Å². The molecule has 2 amide bonds. The van der Waals surface area contributed by atoms with Crippen LogP contribution in [0.2, 0.25) is 0 Å². The Hall–Kier alpha value is -1.84. The van der Waals surface area contributed by atoms with E-state index in [1.165, 1.54) is 5.56 Å². The molecule has 2 aliphatic rings. The Kier molecular flexibility index (Phi) is 4.66. The maximum Gasteiger partial charge on any atom is 0.227 e. The highest BCUT2D eigenvalue weighted by molar-refractivity contribution is 5.81. The fraction of sp³-hybridized carbons (Fsp3) is 0.600. The molecule has 0 N–H and O–H groups in total. The lowest BCUT2D eigenvalue weighted by Gasteiger charge is -2.32. The number of carbonyl (C=O) groups excluding carboxylic acids is 2. The summed E-state index contributed by atoms with van der Waals surface area (Å²) in [5, 5.41) is 0. The molecule has 0 bridgehead atoms. The Morgan fingerprint density at radius 1 is 1.21 bits per heavy atom. The van der Waals surface area contributed by atoms with Crippen LogP contribution in [0.15, 0.2) is 24.3 Å². The second-order valence-electron chi connectivity index (χ2n) is 7.77. The summed E-state index contributed by atoms with van der Waals surface area (Å²) >= 11 is 0. The average Bonchev–Trinajstić information content (AvgIpc) is 3.16. The Morgan fingerprint density at radius 2 is 1.92 bits per heavy atom. The largest absolute Gasteiger partial charge is 0.349 e. The summed E-state index contributed by atoms with van der Waals surface area (Å²) < 4.78 is 0. The van der Waals surface area contributed by atoms with E-state index < -0.39 is 0 Å². The maximum atomic E-state index is 12.7. The molecule has 2 atom stereocenters. The maximum absolute atomic E-state index is 12.7. The van der Waals surface area contributed by atoms with Gasteiger partial charge in [-0.05, 0) is 31.7 Å². The first kappa shape index (κ1) is 17.0. The van der Waals surface area contributed by atoms with E-state index in [0.29, 0.717) is 6.42 Å². The van der Waals surface area contributed by atoms with Crippen LogP contribution in [0.4, 0.5) is 0 Å². The Balaban J connectivity index is 1.66. The summed E-state index contributed by atoms with van der Waals surface area (Å²) in [6, 6.07) is 8.17. The van der Waals surface area contributed by atoms with Crippen molar-refractivity contribution in [2.45, 2.75) is 39.0 Å². The second-order valence-corrected chi connectivity index (χ2v) is 7.77. The monoisotopic (exact) mass is 328 g/mol. The smallest absolute Gasteiger partial charge is 0.227 e. The second kappa shape index (κ2) is 6.58. The normalized spacial score (nSPS) is 26.1. The third-order valence-corrected chi connectivity index (χ3v) is 5.86. The molecule has 1 aliphatic carbocycles. The number of hydrogen-bond donors (Lipinski definition) is 0.